The average molecular weight is 462 g/mol. The van der Waals surface area contributed by atoms with E-state index in [-0.39, 0.29) is 18.0 Å². The third-order valence-electron chi connectivity index (χ3n) is 7.00. The van der Waals surface area contributed by atoms with Crippen LogP contribution in [0.3, 0.4) is 0 Å². The summed E-state index contributed by atoms with van der Waals surface area (Å²) in [5.74, 6) is 0.759. The fourth-order valence-electron chi connectivity index (χ4n) is 5.24. The molecule has 5 nitrogen and oxygen atoms in total. The van der Waals surface area contributed by atoms with Crippen molar-refractivity contribution in [2.24, 2.45) is 5.41 Å². The second-order valence-corrected chi connectivity index (χ2v) is 10.8. The van der Waals surface area contributed by atoms with Crippen molar-refractivity contribution in [1.82, 2.24) is 4.31 Å². The Labute approximate surface area is 195 Å². The smallest absolute Gasteiger partial charge is 0.243 e. The Kier molecular flexibility index (Phi) is 5.40. The lowest BCUT2D eigenvalue weighted by molar-refractivity contribution is 0.133. The topological polar surface area (TPSA) is 66.8 Å². The van der Waals surface area contributed by atoms with E-state index >= 15 is 0 Å². The second-order valence-electron chi connectivity index (χ2n) is 8.90. The highest BCUT2D eigenvalue weighted by molar-refractivity contribution is 7.89. The van der Waals surface area contributed by atoms with Gasteiger partial charge in [-0.2, -0.15) is 4.31 Å². The lowest BCUT2D eigenvalue weighted by Gasteiger charge is -2.31. The molecule has 1 fully saturated rings. The molecule has 33 heavy (non-hydrogen) atoms. The molecule has 0 aromatic heterocycles. The first kappa shape index (κ1) is 21.9. The molecule has 1 N–H and O–H groups in total. The van der Waals surface area contributed by atoms with Crippen molar-refractivity contribution in [3.05, 3.63) is 101 Å². The Bertz CT molecular complexity index is 1310. The van der Waals surface area contributed by atoms with Gasteiger partial charge in [-0.25, -0.2) is 8.42 Å². The highest BCUT2D eigenvalue weighted by Gasteiger charge is 2.58. The molecule has 6 heteroatoms. The van der Waals surface area contributed by atoms with E-state index in [4.69, 9.17) is 4.74 Å². The molecule has 0 amide bonds. The Morgan fingerprint density at radius 3 is 2.42 bits per heavy atom. The van der Waals surface area contributed by atoms with Gasteiger partial charge in [-0.15, -0.1) is 0 Å². The maximum absolute atomic E-state index is 13.8. The van der Waals surface area contributed by atoms with Crippen LogP contribution >= 0.6 is 0 Å². The molecule has 1 aliphatic heterocycles. The van der Waals surface area contributed by atoms with Crippen LogP contribution in [0.4, 0.5) is 0 Å². The highest BCUT2D eigenvalue weighted by atomic mass is 32.2. The summed E-state index contributed by atoms with van der Waals surface area (Å²) >= 11 is 0. The molecular weight excluding hydrogens is 434 g/mol. The fraction of sp³-hybridized carbons (Fsp3) is 0.259. The maximum atomic E-state index is 13.8. The largest absolute Gasteiger partial charge is 0.497 e. The van der Waals surface area contributed by atoms with Crippen molar-refractivity contribution in [3.8, 4) is 5.75 Å². The Morgan fingerprint density at radius 1 is 1.06 bits per heavy atom. The molecular formula is C27H27NO4S. The van der Waals surface area contributed by atoms with E-state index in [1.165, 1.54) is 0 Å². The molecule has 0 saturated carbocycles. The van der Waals surface area contributed by atoms with Crippen molar-refractivity contribution in [3.63, 3.8) is 0 Å². The number of hydrogen-bond donors (Lipinski definition) is 1. The number of aliphatic hydroxyl groups excluding tert-OH is 1. The normalized spacial score (nSPS) is 23.5. The van der Waals surface area contributed by atoms with E-state index in [1.807, 2.05) is 73.7 Å². The number of sulfonamides is 1. The summed E-state index contributed by atoms with van der Waals surface area (Å²) in [6, 6.07) is 22.1. The summed E-state index contributed by atoms with van der Waals surface area (Å²) in [4.78, 5) is 0.273. The van der Waals surface area contributed by atoms with Crippen molar-refractivity contribution >= 4 is 16.1 Å². The number of methoxy groups -OCH3 is 1. The van der Waals surface area contributed by atoms with Gasteiger partial charge in [-0.05, 0) is 59.9 Å². The molecule has 3 aromatic rings. The predicted molar refractivity (Wildman–Crippen MR) is 128 cm³/mol. The molecule has 0 radical (unpaired) electrons. The quantitative estimate of drug-likeness (QED) is 0.613. The third kappa shape index (κ3) is 3.50. The number of ether oxygens (including phenoxy) is 1. The number of aryl methyl sites for hydroxylation is 1. The van der Waals surface area contributed by atoms with E-state index in [0.717, 1.165) is 33.6 Å². The van der Waals surface area contributed by atoms with Crippen LogP contribution in [0.5, 0.6) is 5.75 Å². The summed E-state index contributed by atoms with van der Waals surface area (Å²) < 4.78 is 34.5. The SMILES string of the molecule is COc1ccc(/C=C2/CN(S(=O)(=O)c3ccc(C)cc3)[C@H]3c4ccccc4C[C@@]23CO)cc1. The van der Waals surface area contributed by atoms with E-state index in [2.05, 4.69) is 0 Å². The number of fused-ring (bicyclic) bond motifs is 3. The number of nitrogens with zero attached hydrogens (tertiary/aromatic N) is 1. The average Bonchev–Trinajstić information content (AvgIpc) is 3.33. The van der Waals surface area contributed by atoms with Gasteiger partial charge < -0.3 is 9.84 Å². The monoisotopic (exact) mass is 461 g/mol. The molecule has 3 aromatic carbocycles. The van der Waals surface area contributed by atoms with Gasteiger partial charge in [0.25, 0.3) is 0 Å². The lowest BCUT2D eigenvalue weighted by Crippen LogP contribution is -2.35. The number of rotatable bonds is 5. The molecule has 170 valence electrons. The summed E-state index contributed by atoms with van der Waals surface area (Å²) in [5.41, 5.74) is 4.24. The second kappa shape index (κ2) is 8.13. The van der Waals surface area contributed by atoms with Crippen LogP contribution in [-0.2, 0) is 16.4 Å². The summed E-state index contributed by atoms with van der Waals surface area (Å²) in [7, 11) is -2.15. The summed E-state index contributed by atoms with van der Waals surface area (Å²) in [5, 5.41) is 10.7. The molecule has 2 aliphatic rings. The van der Waals surface area contributed by atoms with Crippen molar-refractivity contribution in [2.75, 3.05) is 20.3 Å². The van der Waals surface area contributed by atoms with Crippen LogP contribution < -0.4 is 4.74 Å². The van der Waals surface area contributed by atoms with Crippen molar-refractivity contribution in [1.29, 1.82) is 0 Å². The fourth-order valence-corrected chi connectivity index (χ4v) is 6.89. The van der Waals surface area contributed by atoms with Gasteiger partial charge in [-0.3, -0.25) is 0 Å². The Balaban J connectivity index is 1.66. The Hall–Kier alpha value is -2.93. The molecule has 0 unspecified atom stereocenters. The minimum absolute atomic E-state index is 0.131. The summed E-state index contributed by atoms with van der Waals surface area (Å²) in [6.45, 7) is 2.04. The van der Waals surface area contributed by atoms with Crippen molar-refractivity contribution < 1.29 is 18.3 Å². The van der Waals surface area contributed by atoms with Gasteiger partial charge in [0.1, 0.15) is 5.75 Å². The van der Waals surface area contributed by atoms with Crippen molar-refractivity contribution in [2.45, 2.75) is 24.3 Å². The molecule has 1 saturated heterocycles. The van der Waals surface area contributed by atoms with Gasteiger partial charge >= 0.3 is 0 Å². The van der Waals surface area contributed by atoms with Gasteiger partial charge in [0.15, 0.2) is 0 Å². The van der Waals surface area contributed by atoms with Crippen LogP contribution in [0.2, 0.25) is 0 Å². The third-order valence-corrected chi connectivity index (χ3v) is 8.82. The van der Waals surface area contributed by atoms with Crippen LogP contribution in [-0.4, -0.2) is 38.1 Å². The first-order valence-corrected chi connectivity index (χ1v) is 12.5. The molecule has 2 atom stereocenters. The van der Waals surface area contributed by atoms with Crippen LogP contribution in [0.25, 0.3) is 6.08 Å². The zero-order valence-corrected chi connectivity index (χ0v) is 19.5. The van der Waals surface area contributed by atoms with Gasteiger partial charge in [0.05, 0.1) is 24.7 Å². The zero-order valence-electron chi connectivity index (χ0n) is 18.7. The maximum Gasteiger partial charge on any atom is 0.243 e. The molecule has 5 rings (SSSR count). The highest BCUT2D eigenvalue weighted by Crippen LogP contribution is 2.59. The number of aliphatic hydroxyl groups is 1. The van der Waals surface area contributed by atoms with E-state index in [1.54, 1.807) is 23.5 Å². The number of hydrogen-bond acceptors (Lipinski definition) is 4. The first-order chi connectivity index (χ1) is 15.9. The van der Waals surface area contributed by atoms with E-state index < -0.39 is 21.5 Å². The molecule has 1 aliphatic carbocycles. The van der Waals surface area contributed by atoms with Gasteiger partial charge in [0, 0.05) is 12.0 Å². The van der Waals surface area contributed by atoms with Crippen LogP contribution in [0.15, 0.2) is 83.3 Å². The van der Waals surface area contributed by atoms with Gasteiger partial charge in [-0.1, -0.05) is 60.2 Å². The van der Waals surface area contributed by atoms with Crippen LogP contribution in [0.1, 0.15) is 28.3 Å². The number of benzene rings is 3. The van der Waals surface area contributed by atoms with E-state index in [9.17, 15) is 13.5 Å². The van der Waals surface area contributed by atoms with E-state index in [0.29, 0.717) is 6.42 Å². The molecule has 1 heterocycles. The molecule has 0 bridgehead atoms. The first-order valence-electron chi connectivity index (χ1n) is 11.0. The minimum Gasteiger partial charge on any atom is -0.497 e. The summed E-state index contributed by atoms with van der Waals surface area (Å²) in [6.07, 6.45) is 2.63. The predicted octanol–water partition coefficient (Wildman–Crippen LogP) is 4.37. The zero-order chi connectivity index (χ0) is 23.2. The Morgan fingerprint density at radius 2 is 1.76 bits per heavy atom. The van der Waals surface area contributed by atoms with Gasteiger partial charge in [0.2, 0.25) is 10.0 Å². The minimum atomic E-state index is -3.78. The standard InChI is InChI=1S/C27H27NO4S/c1-19-7-13-24(14-8-19)33(30,31)28-17-22(15-20-9-11-23(32-2)12-10-20)27(18-29)16-21-5-3-4-6-25(21)26(27)28/h3-15,26,29H,16-18H2,1-2H3/b22-15-/t26-,27+/m0/s1. The molecule has 0 spiro atoms. The van der Waals surface area contributed by atoms with Crippen LogP contribution in [0, 0.1) is 12.3 Å². The lowest BCUT2D eigenvalue weighted by atomic mass is 9.77.